The molecule has 0 unspecified atom stereocenters. The van der Waals surface area contributed by atoms with Gasteiger partial charge in [0.1, 0.15) is 4.38 Å². The zero-order chi connectivity index (χ0) is 18.3. The second-order valence-corrected chi connectivity index (χ2v) is 9.54. The van der Waals surface area contributed by atoms with Gasteiger partial charge < -0.3 is 5.32 Å². The molecule has 6 nitrogen and oxygen atoms in total. The Morgan fingerprint density at radius 1 is 1.28 bits per heavy atom. The minimum atomic E-state index is -3.44. The van der Waals surface area contributed by atoms with Crippen molar-refractivity contribution in [3.05, 3.63) is 29.8 Å². The molecule has 1 amide bonds. The second-order valence-electron chi connectivity index (χ2n) is 5.29. The summed E-state index contributed by atoms with van der Waals surface area (Å²) in [5.41, 5.74) is 0.865. The van der Waals surface area contributed by atoms with Crippen molar-refractivity contribution in [3.8, 4) is 0 Å². The molecule has 1 N–H and O–H groups in total. The van der Waals surface area contributed by atoms with E-state index in [2.05, 4.69) is 10.3 Å². The Morgan fingerprint density at radius 3 is 2.52 bits per heavy atom. The maximum Gasteiger partial charge on any atom is 0.243 e. The summed E-state index contributed by atoms with van der Waals surface area (Å²) < 4.78 is 27.2. The topological polar surface area (TPSA) is 78.8 Å². The monoisotopic (exact) mass is 401 g/mol. The number of thioether (sulfide) groups is 2. The quantitative estimate of drug-likeness (QED) is 0.722. The van der Waals surface area contributed by atoms with Gasteiger partial charge in [0.05, 0.1) is 17.2 Å². The number of hydrogen-bond donors (Lipinski definition) is 1. The first-order valence-corrected chi connectivity index (χ1v) is 11.5. The van der Waals surface area contributed by atoms with E-state index in [1.54, 1.807) is 36.0 Å². The van der Waals surface area contributed by atoms with Gasteiger partial charge in [-0.3, -0.25) is 9.79 Å². The van der Waals surface area contributed by atoms with Crippen molar-refractivity contribution in [3.63, 3.8) is 0 Å². The lowest BCUT2D eigenvalue weighted by atomic mass is 10.2. The SMILES string of the molecule is CCN(CC)S(=O)(=O)c1ccc(CNC(=O)CSC2=NCCS2)cc1. The number of aliphatic imine (C=N–C) groups is 1. The van der Waals surface area contributed by atoms with Gasteiger partial charge in [0.25, 0.3) is 0 Å². The van der Waals surface area contributed by atoms with Crippen LogP contribution < -0.4 is 5.32 Å². The van der Waals surface area contributed by atoms with Gasteiger partial charge in [0.2, 0.25) is 15.9 Å². The van der Waals surface area contributed by atoms with Crippen LogP contribution in [0.15, 0.2) is 34.2 Å². The van der Waals surface area contributed by atoms with Crippen LogP contribution in [0.2, 0.25) is 0 Å². The molecule has 1 aliphatic heterocycles. The Bertz CT molecular complexity index is 714. The Morgan fingerprint density at radius 2 is 1.96 bits per heavy atom. The van der Waals surface area contributed by atoms with Gasteiger partial charge in [-0.2, -0.15) is 4.31 Å². The molecule has 1 aromatic carbocycles. The van der Waals surface area contributed by atoms with Crippen LogP contribution in [0.5, 0.6) is 0 Å². The van der Waals surface area contributed by atoms with Crippen molar-refractivity contribution < 1.29 is 13.2 Å². The van der Waals surface area contributed by atoms with Crippen molar-refractivity contribution in [1.82, 2.24) is 9.62 Å². The molecule has 0 saturated heterocycles. The van der Waals surface area contributed by atoms with Crippen molar-refractivity contribution in [2.24, 2.45) is 4.99 Å². The van der Waals surface area contributed by atoms with Crippen LogP contribution in [0.4, 0.5) is 0 Å². The average molecular weight is 402 g/mol. The fourth-order valence-electron chi connectivity index (χ4n) is 2.27. The summed E-state index contributed by atoms with van der Waals surface area (Å²) in [6.07, 6.45) is 0. The zero-order valence-electron chi connectivity index (χ0n) is 14.4. The maximum atomic E-state index is 12.4. The molecule has 0 aliphatic carbocycles. The molecule has 1 aromatic rings. The molecule has 0 saturated carbocycles. The highest BCUT2D eigenvalue weighted by Gasteiger charge is 2.21. The van der Waals surface area contributed by atoms with Crippen molar-refractivity contribution in [1.29, 1.82) is 0 Å². The summed E-state index contributed by atoms with van der Waals surface area (Å²) in [7, 11) is -3.44. The first-order chi connectivity index (χ1) is 12.0. The zero-order valence-corrected chi connectivity index (χ0v) is 16.8. The predicted octanol–water partition coefficient (Wildman–Crippen LogP) is 2.17. The van der Waals surface area contributed by atoms with Crippen LogP contribution in [0.25, 0.3) is 0 Å². The van der Waals surface area contributed by atoms with Gasteiger partial charge in [-0.05, 0) is 17.7 Å². The van der Waals surface area contributed by atoms with Crippen molar-refractivity contribution >= 4 is 43.8 Å². The molecular formula is C16H23N3O3S3. The number of carbonyl (C=O) groups excluding carboxylic acids is 1. The molecular weight excluding hydrogens is 378 g/mol. The third-order valence-electron chi connectivity index (χ3n) is 3.64. The van der Waals surface area contributed by atoms with Crippen LogP contribution >= 0.6 is 23.5 Å². The van der Waals surface area contributed by atoms with Crippen LogP contribution in [-0.2, 0) is 21.4 Å². The van der Waals surface area contributed by atoms with Gasteiger partial charge in [0, 0.05) is 25.4 Å². The van der Waals surface area contributed by atoms with Crippen LogP contribution in [0.3, 0.4) is 0 Å². The Balaban J connectivity index is 1.86. The minimum Gasteiger partial charge on any atom is -0.351 e. The van der Waals surface area contributed by atoms with Gasteiger partial charge in [-0.15, -0.1) is 0 Å². The number of amides is 1. The third-order valence-corrected chi connectivity index (χ3v) is 7.96. The molecule has 0 atom stereocenters. The second kappa shape index (κ2) is 9.61. The molecule has 0 bridgehead atoms. The van der Waals surface area contributed by atoms with E-state index in [0.717, 1.165) is 22.2 Å². The summed E-state index contributed by atoms with van der Waals surface area (Å²) in [6, 6.07) is 6.66. The number of rotatable bonds is 8. The fourth-order valence-corrected chi connectivity index (χ4v) is 5.57. The Hall–Kier alpha value is -1.03. The van der Waals surface area contributed by atoms with E-state index in [-0.39, 0.29) is 10.8 Å². The summed E-state index contributed by atoms with van der Waals surface area (Å²) in [5.74, 6) is 1.28. The molecule has 2 rings (SSSR count). The van der Waals surface area contributed by atoms with E-state index >= 15 is 0 Å². The molecule has 9 heteroatoms. The van der Waals surface area contributed by atoms with Crippen LogP contribution in [-0.4, -0.2) is 54.1 Å². The highest BCUT2D eigenvalue weighted by Crippen LogP contribution is 2.21. The Kier molecular flexibility index (Phi) is 7.80. The average Bonchev–Trinajstić information content (AvgIpc) is 3.13. The van der Waals surface area contributed by atoms with E-state index in [9.17, 15) is 13.2 Å². The highest BCUT2D eigenvalue weighted by molar-refractivity contribution is 8.39. The van der Waals surface area contributed by atoms with Crippen molar-refractivity contribution in [2.45, 2.75) is 25.3 Å². The lowest BCUT2D eigenvalue weighted by Gasteiger charge is -2.18. The van der Waals surface area contributed by atoms with E-state index in [0.29, 0.717) is 25.4 Å². The number of nitrogens with zero attached hydrogens (tertiary/aromatic N) is 2. The summed E-state index contributed by atoms with van der Waals surface area (Å²) in [6.45, 7) is 5.73. The normalized spacial score (nSPS) is 14.6. The lowest BCUT2D eigenvalue weighted by Crippen LogP contribution is -2.30. The van der Waals surface area contributed by atoms with E-state index < -0.39 is 10.0 Å². The molecule has 0 radical (unpaired) electrons. The smallest absolute Gasteiger partial charge is 0.243 e. The standard InChI is InChI=1S/C16H23N3O3S3/c1-3-19(4-2)25(21,22)14-7-5-13(6-8-14)11-18-15(20)12-24-16-17-9-10-23-16/h5-8H,3-4,9-12H2,1-2H3,(H,18,20). The molecule has 0 aromatic heterocycles. The first kappa shape index (κ1) is 20.3. The molecule has 138 valence electrons. The largest absolute Gasteiger partial charge is 0.351 e. The molecule has 1 aliphatic rings. The molecule has 0 spiro atoms. The van der Waals surface area contributed by atoms with Gasteiger partial charge in [-0.1, -0.05) is 49.5 Å². The van der Waals surface area contributed by atoms with Gasteiger partial charge >= 0.3 is 0 Å². The number of sulfonamides is 1. The minimum absolute atomic E-state index is 0.0555. The third kappa shape index (κ3) is 5.73. The number of carbonyl (C=O) groups is 1. The Labute approximate surface area is 157 Å². The van der Waals surface area contributed by atoms with Crippen molar-refractivity contribution in [2.75, 3.05) is 31.1 Å². The first-order valence-electron chi connectivity index (χ1n) is 8.13. The summed E-state index contributed by atoms with van der Waals surface area (Å²) in [4.78, 5) is 16.4. The molecule has 1 heterocycles. The van der Waals surface area contributed by atoms with E-state index in [1.165, 1.54) is 16.1 Å². The predicted molar refractivity (Wildman–Crippen MR) is 106 cm³/mol. The number of nitrogens with one attached hydrogen (secondary N) is 1. The number of hydrogen-bond acceptors (Lipinski definition) is 6. The lowest BCUT2D eigenvalue weighted by molar-refractivity contribution is -0.118. The van der Waals surface area contributed by atoms with E-state index in [4.69, 9.17) is 0 Å². The number of benzene rings is 1. The van der Waals surface area contributed by atoms with E-state index in [1.807, 2.05) is 13.8 Å². The van der Waals surface area contributed by atoms with Crippen LogP contribution in [0, 0.1) is 0 Å². The maximum absolute atomic E-state index is 12.4. The summed E-state index contributed by atoms with van der Waals surface area (Å²) in [5, 5.41) is 2.84. The van der Waals surface area contributed by atoms with Gasteiger partial charge in [-0.25, -0.2) is 8.42 Å². The molecule has 0 fully saturated rings. The highest BCUT2D eigenvalue weighted by atomic mass is 32.2. The summed E-state index contributed by atoms with van der Waals surface area (Å²) >= 11 is 3.14. The molecule has 25 heavy (non-hydrogen) atoms. The van der Waals surface area contributed by atoms with Gasteiger partial charge in [0.15, 0.2) is 0 Å². The van der Waals surface area contributed by atoms with Crippen LogP contribution in [0.1, 0.15) is 19.4 Å². The fraction of sp³-hybridized carbons (Fsp3) is 0.500.